The van der Waals surface area contributed by atoms with Gasteiger partial charge in [0.25, 0.3) is 0 Å². The van der Waals surface area contributed by atoms with E-state index in [-0.39, 0.29) is 11.8 Å². The molecule has 1 heterocycles. The van der Waals surface area contributed by atoms with Gasteiger partial charge in [0.1, 0.15) is 12.2 Å². The molecule has 0 bridgehead atoms. The summed E-state index contributed by atoms with van der Waals surface area (Å²) in [5, 5.41) is 15.6. The summed E-state index contributed by atoms with van der Waals surface area (Å²) < 4.78 is 0. The number of carboxylic acid groups (broad SMARTS) is 1. The molecule has 1 saturated carbocycles. The van der Waals surface area contributed by atoms with E-state index in [0.29, 0.717) is 25.2 Å². The van der Waals surface area contributed by atoms with Crippen LogP contribution in [0.15, 0.2) is 6.33 Å². The number of hydrogen-bond acceptors (Lipinski definition) is 4. The summed E-state index contributed by atoms with van der Waals surface area (Å²) in [5.41, 5.74) is 0. The Bertz CT molecular complexity index is 460. The second-order valence-electron chi connectivity index (χ2n) is 5.25. The Labute approximate surface area is 111 Å². The van der Waals surface area contributed by atoms with Crippen LogP contribution in [0.4, 0.5) is 0 Å². The molecule has 7 heteroatoms. The highest BCUT2D eigenvalue weighted by Crippen LogP contribution is 2.37. The molecule has 1 amide bonds. The minimum Gasteiger partial charge on any atom is -0.481 e. The predicted octanol–water partition coefficient (Wildman–Crippen LogP) is 0.510. The summed E-state index contributed by atoms with van der Waals surface area (Å²) >= 11 is 0. The number of amides is 1. The number of aromatic nitrogens is 3. The van der Waals surface area contributed by atoms with Gasteiger partial charge in [0, 0.05) is 7.05 Å². The zero-order valence-electron chi connectivity index (χ0n) is 11.0. The van der Waals surface area contributed by atoms with E-state index >= 15 is 0 Å². The predicted molar refractivity (Wildman–Crippen MR) is 65.9 cm³/mol. The maximum Gasteiger partial charge on any atom is 0.307 e. The molecule has 19 heavy (non-hydrogen) atoms. The van der Waals surface area contributed by atoms with Crippen molar-refractivity contribution >= 4 is 11.9 Å². The van der Waals surface area contributed by atoms with Gasteiger partial charge in [0.05, 0.1) is 18.4 Å². The molecular weight excluding hydrogens is 248 g/mol. The van der Waals surface area contributed by atoms with E-state index in [4.69, 9.17) is 0 Å². The van der Waals surface area contributed by atoms with Crippen molar-refractivity contribution in [1.82, 2.24) is 20.1 Å². The molecule has 0 aliphatic heterocycles. The van der Waals surface area contributed by atoms with E-state index in [1.165, 1.54) is 11.2 Å². The molecule has 1 aromatic heterocycles. The average Bonchev–Trinajstić information content (AvgIpc) is 2.97. The first-order chi connectivity index (χ1) is 8.99. The molecule has 2 rings (SSSR count). The Morgan fingerprint density at radius 2 is 2.16 bits per heavy atom. The second-order valence-corrected chi connectivity index (χ2v) is 5.25. The molecule has 2 N–H and O–H groups in total. The van der Waals surface area contributed by atoms with Crippen LogP contribution in [-0.4, -0.2) is 44.1 Å². The second kappa shape index (κ2) is 5.38. The Balaban J connectivity index is 2.03. The van der Waals surface area contributed by atoms with Crippen LogP contribution in [0.2, 0.25) is 0 Å². The first kappa shape index (κ1) is 13.5. The quantitative estimate of drug-likeness (QED) is 0.827. The molecule has 0 spiro atoms. The number of aromatic amines is 1. The van der Waals surface area contributed by atoms with Crippen molar-refractivity contribution in [3.8, 4) is 0 Å². The third-order valence-electron chi connectivity index (χ3n) is 3.66. The lowest BCUT2D eigenvalue weighted by Crippen LogP contribution is -2.36. The molecule has 0 radical (unpaired) electrons. The molecule has 0 saturated heterocycles. The zero-order valence-corrected chi connectivity index (χ0v) is 11.0. The molecule has 104 valence electrons. The fourth-order valence-corrected chi connectivity index (χ4v) is 2.73. The summed E-state index contributed by atoms with van der Waals surface area (Å²) in [6.07, 6.45) is 2.59. The van der Waals surface area contributed by atoms with Crippen LogP contribution < -0.4 is 0 Å². The van der Waals surface area contributed by atoms with Crippen molar-refractivity contribution in [3.05, 3.63) is 12.2 Å². The van der Waals surface area contributed by atoms with E-state index in [0.717, 1.165) is 0 Å². The lowest BCUT2D eigenvalue weighted by Gasteiger charge is -2.22. The molecule has 1 unspecified atom stereocenters. The molecule has 3 atom stereocenters. The minimum atomic E-state index is -0.879. The highest BCUT2D eigenvalue weighted by atomic mass is 16.4. The van der Waals surface area contributed by atoms with Crippen molar-refractivity contribution < 1.29 is 14.7 Å². The number of rotatable bonds is 4. The Hall–Kier alpha value is -1.92. The van der Waals surface area contributed by atoms with Crippen LogP contribution in [-0.2, 0) is 16.1 Å². The van der Waals surface area contributed by atoms with Gasteiger partial charge in [-0.15, -0.1) is 0 Å². The van der Waals surface area contributed by atoms with Crippen LogP contribution in [0.5, 0.6) is 0 Å². The number of aliphatic carboxylic acids is 1. The maximum absolute atomic E-state index is 12.3. The summed E-state index contributed by atoms with van der Waals surface area (Å²) in [6, 6.07) is 0. The molecule has 1 aliphatic carbocycles. The normalized spacial score (nSPS) is 26.3. The van der Waals surface area contributed by atoms with Gasteiger partial charge < -0.3 is 10.0 Å². The average molecular weight is 266 g/mol. The van der Waals surface area contributed by atoms with Crippen LogP contribution in [0.1, 0.15) is 25.6 Å². The SMILES string of the molecule is CC1C[C@H](C(=O)N(C)Cc2ncn[nH]2)[C@H](C(=O)O)C1. The number of carbonyl (C=O) groups excluding carboxylic acids is 1. The molecule has 7 nitrogen and oxygen atoms in total. The number of carbonyl (C=O) groups is 2. The van der Waals surface area contributed by atoms with Gasteiger partial charge in [-0.1, -0.05) is 6.92 Å². The smallest absolute Gasteiger partial charge is 0.307 e. The monoisotopic (exact) mass is 266 g/mol. The highest BCUT2D eigenvalue weighted by Gasteiger charge is 2.42. The van der Waals surface area contributed by atoms with Crippen molar-refractivity contribution in [2.75, 3.05) is 7.05 Å². The fraction of sp³-hybridized carbons (Fsp3) is 0.667. The first-order valence-corrected chi connectivity index (χ1v) is 6.31. The van der Waals surface area contributed by atoms with Gasteiger partial charge in [-0.3, -0.25) is 14.7 Å². The highest BCUT2D eigenvalue weighted by molar-refractivity contribution is 5.85. The summed E-state index contributed by atoms with van der Waals surface area (Å²) in [6.45, 7) is 2.30. The lowest BCUT2D eigenvalue weighted by atomic mass is 9.95. The molecule has 1 fully saturated rings. The van der Waals surface area contributed by atoms with E-state index in [9.17, 15) is 14.7 Å². The number of nitrogens with zero attached hydrogens (tertiary/aromatic N) is 3. The zero-order chi connectivity index (χ0) is 14.0. The number of hydrogen-bond donors (Lipinski definition) is 2. The van der Waals surface area contributed by atoms with Crippen molar-refractivity contribution in [1.29, 1.82) is 0 Å². The first-order valence-electron chi connectivity index (χ1n) is 6.31. The minimum absolute atomic E-state index is 0.131. The maximum atomic E-state index is 12.3. The third-order valence-corrected chi connectivity index (χ3v) is 3.66. The topological polar surface area (TPSA) is 99.2 Å². The van der Waals surface area contributed by atoms with Crippen LogP contribution >= 0.6 is 0 Å². The summed E-state index contributed by atoms with van der Waals surface area (Å²) in [7, 11) is 1.66. The standard InChI is InChI=1S/C12H18N4O3/c1-7-3-8(9(4-7)12(18)19)11(17)16(2)5-10-13-6-14-15-10/h6-9H,3-5H2,1-2H3,(H,18,19)(H,13,14,15)/t7?,8-,9+/m0/s1. The number of carboxylic acids is 1. The molecule has 1 aliphatic rings. The number of nitrogens with one attached hydrogen (secondary N) is 1. The summed E-state index contributed by atoms with van der Waals surface area (Å²) in [4.78, 5) is 29.0. The Morgan fingerprint density at radius 1 is 1.47 bits per heavy atom. The van der Waals surface area contributed by atoms with Gasteiger partial charge >= 0.3 is 5.97 Å². The molecular formula is C12H18N4O3. The largest absolute Gasteiger partial charge is 0.481 e. The van der Waals surface area contributed by atoms with Gasteiger partial charge in [0.2, 0.25) is 5.91 Å². The van der Waals surface area contributed by atoms with Gasteiger partial charge in [0.15, 0.2) is 0 Å². The Morgan fingerprint density at radius 3 is 2.74 bits per heavy atom. The number of H-pyrrole nitrogens is 1. The van der Waals surface area contributed by atoms with Crippen LogP contribution in [0.25, 0.3) is 0 Å². The van der Waals surface area contributed by atoms with Crippen molar-refractivity contribution in [3.63, 3.8) is 0 Å². The van der Waals surface area contributed by atoms with Crippen molar-refractivity contribution in [2.45, 2.75) is 26.3 Å². The molecule has 0 aromatic carbocycles. The lowest BCUT2D eigenvalue weighted by molar-refractivity contribution is -0.148. The summed E-state index contributed by atoms with van der Waals surface area (Å²) in [5.74, 6) is -1.15. The van der Waals surface area contributed by atoms with Crippen LogP contribution in [0.3, 0.4) is 0 Å². The van der Waals surface area contributed by atoms with Crippen molar-refractivity contribution in [2.24, 2.45) is 17.8 Å². The van der Waals surface area contributed by atoms with Gasteiger partial charge in [-0.2, -0.15) is 5.10 Å². The third kappa shape index (κ3) is 2.91. The van der Waals surface area contributed by atoms with Crippen LogP contribution in [0, 0.1) is 17.8 Å². The Kier molecular flexibility index (Phi) is 3.82. The van der Waals surface area contributed by atoms with Gasteiger partial charge in [-0.25, -0.2) is 4.98 Å². The molecule has 1 aromatic rings. The van der Waals surface area contributed by atoms with Gasteiger partial charge in [-0.05, 0) is 18.8 Å². The van der Waals surface area contributed by atoms with E-state index in [1.54, 1.807) is 7.05 Å². The van der Waals surface area contributed by atoms with E-state index in [2.05, 4.69) is 15.2 Å². The fourth-order valence-electron chi connectivity index (χ4n) is 2.73. The van der Waals surface area contributed by atoms with E-state index in [1.807, 2.05) is 6.92 Å². The van der Waals surface area contributed by atoms with E-state index < -0.39 is 17.8 Å².